The lowest BCUT2D eigenvalue weighted by Gasteiger charge is -2.34. The van der Waals surface area contributed by atoms with Gasteiger partial charge in [-0.2, -0.15) is 0 Å². The van der Waals surface area contributed by atoms with Crippen LogP contribution in [0.25, 0.3) is 0 Å². The summed E-state index contributed by atoms with van der Waals surface area (Å²) >= 11 is 0. The number of nitrogens with one attached hydrogen (secondary N) is 1. The van der Waals surface area contributed by atoms with E-state index in [1.54, 1.807) is 0 Å². The van der Waals surface area contributed by atoms with Crippen LogP contribution in [0.2, 0.25) is 0 Å². The van der Waals surface area contributed by atoms with Crippen LogP contribution in [0.4, 0.5) is 11.4 Å². The predicted molar refractivity (Wildman–Crippen MR) is 62.5 cm³/mol. The number of piperazine rings is 1. The summed E-state index contributed by atoms with van der Waals surface area (Å²) in [5.74, 6) is -1.01. The number of carbonyl (C=O) groups is 1. The Bertz CT molecular complexity index is 479. The zero-order valence-electron chi connectivity index (χ0n) is 9.44. The lowest BCUT2D eigenvalue weighted by atomic mass is 10.1. The molecule has 0 aliphatic carbocycles. The van der Waals surface area contributed by atoms with E-state index in [2.05, 4.69) is 10.3 Å². The fraction of sp³-hybridized carbons (Fsp3) is 0.400. The van der Waals surface area contributed by atoms with Gasteiger partial charge in [0.25, 0.3) is 0 Å². The van der Waals surface area contributed by atoms with Crippen molar-refractivity contribution in [1.82, 2.24) is 10.3 Å². The molecule has 1 aromatic heterocycles. The van der Waals surface area contributed by atoms with Gasteiger partial charge >= 0.3 is 11.7 Å². The van der Waals surface area contributed by atoms with Crippen LogP contribution >= 0.6 is 0 Å². The first-order valence-corrected chi connectivity index (χ1v) is 5.40. The topological polar surface area (TPSA) is 109 Å². The molecule has 2 rings (SSSR count). The normalized spacial score (nSPS) is 19.6. The monoisotopic (exact) mass is 252 g/mol. The van der Waals surface area contributed by atoms with Gasteiger partial charge in [-0.05, 0) is 6.07 Å². The van der Waals surface area contributed by atoms with E-state index in [1.165, 1.54) is 17.2 Å². The molecule has 0 saturated carbocycles. The van der Waals surface area contributed by atoms with Crippen LogP contribution in [-0.2, 0) is 4.79 Å². The molecule has 1 fully saturated rings. The fourth-order valence-corrected chi connectivity index (χ4v) is 1.98. The maximum absolute atomic E-state index is 11.2. The number of nitro groups is 1. The summed E-state index contributed by atoms with van der Waals surface area (Å²) in [6.45, 7) is 1.25. The van der Waals surface area contributed by atoms with E-state index < -0.39 is 16.9 Å². The van der Waals surface area contributed by atoms with Crippen LogP contribution in [0.15, 0.2) is 18.5 Å². The van der Waals surface area contributed by atoms with Gasteiger partial charge in [-0.3, -0.25) is 15.1 Å². The molecule has 96 valence electrons. The molecule has 1 unspecified atom stereocenters. The minimum atomic E-state index is -1.01. The first kappa shape index (κ1) is 12.2. The number of aromatic nitrogens is 1. The molecule has 1 aliphatic rings. The summed E-state index contributed by atoms with van der Waals surface area (Å²) in [7, 11) is 0. The van der Waals surface area contributed by atoms with Crippen molar-refractivity contribution in [3.63, 3.8) is 0 Å². The number of hydrogen-bond donors (Lipinski definition) is 2. The number of pyridine rings is 1. The lowest BCUT2D eigenvalue weighted by Crippen LogP contribution is -2.55. The number of rotatable bonds is 3. The van der Waals surface area contributed by atoms with Crippen molar-refractivity contribution >= 4 is 17.3 Å². The van der Waals surface area contributed by atoms with Crippen LogP contribution in [0.5, 0.6) is 0 Å². The largest absolute Gasteiger partial charge is 0.480 e. The first-order valence-electron chi connectivity index (χ1n) is 5.40. The van der Waals surface area contributed by atoms with Gasteiger partial charge in [0, 0.05) is 25.8 Å². The van der Waals surface area contributed by atoms with Crippen LogP contribution in [0.3, 0.4) is 0 Å². The number of hydrogen-bond acceptors (Lipinski definition) is 6. The molecule has 2 N–H and O–H groups in total. The second-order valence-electron chi connectivity index (χ2n) is 3.87. The average molecular weight is 252 g/mol. The Kier molecular flexibility index (Phi) is 3.38. The molecule has 1 aliphatic heterocycles. The van der Waals surface area contributed by atoms with Crippen molar-refractivity contribution in [1.29, 1.82) is 0 Å². The second-order valence-corrected chi connectivity index (χ2v) is 3.87. The van der Waals surface area contributed by atoms with E-state index >= 15 is 0 Å². The number of carboxylic acids is 1. The molecule has 0 aromatic carbocycles. The van der Waals surface area contributed by atoms with Crippen molar-refractivity contribution in [3.8, 4) is 0 Å². The summed E-state index contributed by atoms with van der Waals surface area (Å²) in [5.41, 5.74) is 0.120. The van der Waals surface area contributed by atoms with E-state index in [-0.39, 0.29) is 12.2 Å². The van der Waals surface area contributed by atoms with E-state index in [9.17, 15) is 14.9 Å². The molecule has 0 bridgehead atoms. The minimum Gasteiger partial charge on any atom is -0.480 e. The van der Waals surface area contributed by atoms with Crippen LogP contribution in [0, 0.1) is 10.1 Å². The standard InChI is InChI=1S/C10H12N4O4/c15-10(16)9-6-12-3-4-13(9)7-1-2-11-5-8(7)14(17)18/h1-2,5,9,12H,3-4,6H2,(H,15,16). The Morgan fingerprint density at radius 3 is 3.11 bits per heavy atom. The molecule has 8 heteroatoms. The second kappa shape index (κ2) is 4.96. The van der Waals surface area contributed by atoms with Crippen LogP contribution in [0.1, 0.15) is 0 Å². The highest BCUT2D eigenvalue weighted by atomic mass is 16.6. The van der Waals surface area contributed by atoms with Crippen molar-refractivity contribution in [2.24, 2.45) is 0 Å². The maximum atomic E-state index is 11.2. The smallest absolute Gasteiger partial charge is 0.327 e. The molecular weight excluding hydrogens is 240 g/mol. The molecule has 8 nitrogen and oxygen atoms in total. The van der Waals surface area contributed by atoms with Gasteiger partial charge in [-0.15, -0.1) is 0 Å². The van der Waals surface area contributed by atoms with Gasteiger partial charge in [0.15, 0.2) is 0 Å². The van der Waals surface area contributed by atoms with E-state index in [0.717, 1.165) is 6.20 Å². The highest BCUT2D eigenvalue weighted by Crippen LogP contribution is 2.28. The summed E-state index contributed by atoms with van der Waals surface area (Å²) in [4.78, 5) is 26.7. The fourth-order valence-electron chi connectivity index (χ4n) is 1.98. The SMILES string of the molecule is O=C(O)C1CNCCN1c1ccncc1[N+](=O)[O-]. The maximum Gasteiger partial charge on any atom is 0.327 e. The van der Waals surface area contributed by atoms with Gasteiger partial charge in [0.05, 0.1) is 4.92 Å². The van der Waals surface area contributed by atoms with Gasteiger partial charge in [-0.25, -0.2) is 4.79 Å². The number of anilines is 1. The summed E-state index contributed by atoms with van der Waals surface area (Å²) in [6.07, 6.45) is 2.56. The Morgan fingerprint density at radius 2 is 2.44 bits per heavy atom. The average Bonchev–Trinajstić information content (AvgIpc) is 2.38. The summed E-state index contributed by atoms with van der Waals surface area (Å²) in [5, 5.41) is 23.0. The zero-order valence-corrected chi connectivity index (χ0v) is 9.44. The molecule has 0 spiro atoms. The molecular formula is C10H12N4O4. The van der Waals surface area contributed by atoms with Gasteiger partial charge in [0.2, 0.25) is 0 Å². The molecule has 0 radical (unpaired) electrons. The Labute approximate surface area is 102 Å². The van der Waals surface area contributed by atoms with E-state index in [4.69, 9.17) is 5.11 Å². The Hall–Kier alpha value is -2.22. The van der Waals surface area contributed by atoms with Gasteiger partial charge in [-0.1, -0.05) is 0 Å². The van der Waals surface area contributed by atoms with Crippen LogP contribution in [-0.4, -0.2) is 46.7 Å². The van der Waals surface area contributed by atoms with Gasteiger partial charge in [0.1, 0.15) is 17.9 Å². The van der Waals surface area contributed by atoms with Crippen molar-refractivity contribution in [2.75, 3.05) is 24.5 Å². The van der Waals surface area contributed by atoms with E-state index in [1.807, 2.05) is 0 Å². The molecule has 1 saturated heterocycles. The van der Waals surface area contributed by atoms with Crippen molar-refractivity contribution in [2.45, 2.75) is 6.04 Å². The van der Waals surface area contributed by atoms with Crippen molar-refractivity contribution in [3.05, 3.63) is 28.6 Å². The highest BCUT2D eigenvalue weighted by molar-refractivity contribution is 5.80. The third-order valence-corrected chi connectivity index (χ3v) is 2.81. The van der Waals surface area contributed by atoms with Crippen LogP contribution < -0.4 is 10.2 Å². The predicted octanol–water partition coefficient (Wildman–Crippen LogP) is -0.147. The molecule has 1 atom stereocenters. The quantitative estimate of drug-likeness (QED) is 0.568. The molecule has 0 amide bonds. The third-order valence-electron chi connectivity index (χ3n) is 2.81. The summed E-state index contributed by atoms with van der Waals surface area (Å²) in [6, 6.07) is 0.666. The Morgan fingerprint density at radius 1 is 1.67 bits per heavy atom. The first-order chi connectivity index (χ1) is 8.61. The lowest BCUT2D eigenvalue weighted by molar-refractivity contribution is -0.384. The molecule has 2 heterocycles. The number of nitrogens with zero attached hydrogens (tertiary/aromatic N) is 3. The molecule has 18 heavy (non-hydrogen) atoms. The number of carboxylic acid groups (broad SMARTS) is 1. The number of aliphatic carboxylic acids is 1. The zero-order chi connectivity index (χ0) is 13.1. The third kappa shape index (κ3) is 2.23. The van der Waals surface area contributed by atoms with E-state index in [0.29, 0.717) is 18.8 Å². The van der Waals surface area contributed by atoms with Gasteiger partial charge < -0.3 is 15.3 Å². The summed E-state index contributed by atoms with van der Waals surface area (Å²) < 4.78 is 0. The Balaban J connectivity index is 2.39. The molecule has 1 aromatic rings. The highest BCUT2D eigenvalue weighted by Gasteiger charge is 2.32. The van der Waals surface area contributed by atoms with Crippen molar-refractivity contribution < 1.29 is 14.8 Å². The minimum absolute atomic E-state index is 0.175.